The van der Waals surface area contributed by atoms with Gasteiger partial charge in [0.05, 0.1) is 55.8 Å². The summed E-state index contributed by atoms with van der Waals surface area (Å²) in [5.41, 5.74) is 17.5. The van der Waals surface area contributed by atoms with E-state index in [1.165, 1.54) is 43.6 Å². The first-order valence-corrected chi connectivity index (χ1v) is 22.8. The van der Waals surface area contributed by atoms with Crippen LogP contribution in [0.15, 0.2) is 243 Å². The monoisotopic (exact) mass is 856 g/mol. The summed E-state index contributed by atoms with van der Waals surface area (Å²) in [5.74, 6) is 0.878. The second-order valence-corrected chi connectivity index (χ2v) is 17.2. The summed E-state index contributed by atoms with van der Waals surface area (Å²) in [4.78, 5) is 10.3. The second kappa shape index (κ2) is 14.7. The van der Waals surface area contributed by atoms with Crippen molar-refractivity contribution in [3.05, 3.63) is 243 Å². The molecule has 1 aliphatic rings. The predicted molar refractivity (Wildman–Crippen MR) is 278 cm³/mol. The zero-order chi connectivity index (χ0) is 44.0. The van der Waals surface area contributed by atoms with E-state index in [2.05, 4.69) is 266 Å². The lowest BCUT2D eigenvalue weighted by Gasteiger charge is -2.40. The number of anilines is 6. The number of hydrogen-bond donors (Lipinski definition) is 0. The van der Waals surface area contributed by atoms with E-state index in [1.54, 1.807) is 0 Å². The molecule has 0 spiro atoms. The van der Waals surface area contributed by atoms with Crippen molar-refractivity contribution >= 4 is 88.8 Å². The zero-order valence-corrected chi connectivity index (χ0v) is 36.3. The van der Waals surface area contributed by atoms with Crippen molar-refractivity contribution in [1.82, 2.24) is 18.7 Å². The molecular weight excluding hydrogens is 817 g/mol. The highest BCUT2D eigenvalue weighted by molar-refractivity contribution is 6.19. The SMILES string of the molecule is c1ccc(N2c3ccccc3N(c3ccccc3)c3cc4c(cc32)nc(-c2ccc(-n3c5ccccc5c5cc6c(cc53)c3ccccc3n6-c3ccccc3)cc2)n4-c2ccccc2)cc1. The van der Waals surface area contributed by atoms with E-state index in [0.29, 0.717) is 0 Å². The summed E-state index contributed by atoms with van der Waals surface area (Å²) in [6.45, 7) is 0. The van der Waals surface area contributed by atoms with E-state index in [4.69, 9.17) is 4.98 Å². The highest BCUT2D eigenvalue weighted by Gasteiger charge is 2.32. The summed E-state index contributed by atoms with van der Waals surface area (Å²) in [6, 6.07) is 87.2. The topological polar surface area (TPSA) is 34.2 Å². The van der Waals surface area contributed by atoms with Crippen LogP contribution in [0.25, 0.3) is 83.1 Å². The molecule has 0 saturated carbocycles. The molecule has 0 atom stereocenters. The Bertz CT molecular complexity index is 4020. The molecule has 0 N–H and O–H groups in total. The molecule has 4 heterocycles. The molecule has 6 heteroatoms. The average molecular weight is 857 g/mol. The molecule has 0 saturated heterocycles. The summed E-state index contributed by atoms with van der Waals surface area (Å²) < 4.78 is 7.14. The fraction of sp³-hybridized carbons (Fsp3) is 0. The van der Waals surface area contributed by atoms with Crippen molar-refractivity contribution in [2.24, 2.45) is 0 Å². The normalized spacial score (nSPS) is 12.4. The van der Waals surface area contributed by atoms with Crippen molar-refractivity contribution in [3.8, 4) is 28.5 Å². The van der Waals surface area contributed by atoms with Crippen molar-refractivity contribution in [2.75, 3.05) is 9.80 Å². The standard InChI is InChI=1S/C61H40N6/c1-5-19-42(20-6-1)63-52-29-15-13-27-47(52)49-38-57-50(37-56(49)63)48-28-14-16-30-53(48)64(57)46-35-33-41(34-36-46)61-62-51-39-59-60(40-58(51)67(61)45-25-11-4-12-26-45)66(44-23-9-3-10-24-44)55-32-18-17-31-54(55)65(59)43-21-7-2-8-22-43/h1-40H. The lowest BCUT2D eigenvalue weighted by molar-refractivity contribution is 1.10. The first kappa shape index (κ1) is 37.3. The largest absolute Gasteiger partial charge is 0.309 e. The molecule has 0 radical (unpaired) electrons. The fourth-order valence-electron chi connectivity index (χ4n) is 10.6. The van der Waals surface area contributed by atoms with Gasteiger partial charge in [0.15, 0.2) is 0 Å². The van der Waals surface area contributed by atoms with Crippen LogP contribution < -0.4 is 9.80 Å². The number of aromatic nitrogens is 4. The molecular formula is C61H40N6. The number of para-hydroxylation sites is 8. The third-order valence-corrected chi connectivity index (χ3v) is 13.5. The molecule has 314 valence electrons. The Balaban J connectivity index is 0.970. The van der Waals surface area contributed by atoms with Crippen LogP contribution in [0.5, 0.6) is 0 Å². The van der Waals surface area contributed by atoms with Gasteiger partial charge in [0.1, 0.15) is 5.82 Å². The van der Waals surface area contributed by atoms with Gasteiger partial charge in [0.25, 0.3) is 0 Å². The van der Waals surface area contributed by atoms with Crippen LogP contribution in [0.3, 0.4) is 0 Å². The molecule has 14 rings (SSSR count). The average Bonchev–Trinajstić information content (AvgIpc) is 4.05. The molecule has 0 fully saturated rings. The summed E-state index contributed by atoms with van der Waals surface area (Å²) in [6.07, 6.45) is 0. The third-order valence-electron chi connectivity index (χ3n) is 13.5. The molecule has 0 amide bonds. The van der Waals surface area contributed by atoms with Gasteiger partial charge < -0.3 is 18.9 Å². The van der Waals surface area contributed by atoms with Gasteiger partial charge in [-0.15, -0.1) is 0 Å². The molecule has 1 aliphatic heterocycles. The smallest absolute Gasteiger partial charge is 0.145 e. The number of hydrogen-bond acceptors (Lipinski definition) is 3. The molecule has 67 heavy (non-hydrogen) atoms. The second-order valence-electron chi connectivity index (χ2n) is 17.2. The maximum atomic E-state index is 5.54. The quantitative estimate of drug-likeness (QED) is 0.167. The minimum atomic E-state index is 0.878. The number of nitrogens with zero attached hydrogens (tertiary/aromatic N) is 6. The van der Waals surface area contributed by atoms with Gasteiger partial charge in [0.2, 0.25) is 0 Å². The number of rotatable bonds is 6. The Hall–Kier alpha value is -9.13. The molecule has 0 aliphatic carbocycles. The van der Waals surface area contributed by atoms with Crippen molar-refractivity contribution < 1.29 is 0 Å². The van der Waals surface area contributed by atoms with Crippen LogP contribution in [0.2, 0.25) is 0 Å². The van der Waals surface area contributed by atoms with Gasteiger partial charge in [-0.25, -0.2) is 4.98 Å². The van der Waals surface area contributed by atoms with Gasteiger partial charge in [-0.05, 0) is 121 Å². The lowest BCUT2D eigenvalue weighted by atomic mass is 10.0. The highest BCUT2D eigenvalue weighted by atomic mass is 15.3. The first-order chi connectivity index (χ1) is 33.3. The molecule has 0 unspecified atom stereocenters. The molecule has 0 bridgehead atoms. The number of fused-ring (bicyclic) bond motifs is 9. The Kier molecular flexibility index (Phi) is 8.18. The molecule has 6 nitrogen and oxygen atoms in total. The Morgan fingerprint density at radius 1 is 0.254 bits per heavy atom. The maximum Gasteiger partial charge on any atom is 0.145 e. The van der Waals surface area contributed by atoms with E-state index < -0.39 is 0 Å². The van der Waals surface area contributed by atoms with Gasteiger partial charge in [0, 0.05) is 55.5 Å². The Morgan fingerprint density at radius 3 is 1.16 bits per heavy atom. The van der Waals surface area contributed by atoms with E-state index in [1.807, 2.05) is 0 Å². The minimum absolute atomic E-state index is 0.878. The van der Waals surface area contributed by atoms with Crippen LogP contribution in [0.4, 0.5) is 34.1 Å². The van der Waals surface area contributed by atoms with Crippen molar-refractivity contribution in [1.29, 1.82) is 0 Å². The minimum Gasteiger partial charge on any atom is -0.309 e. The molecule has 13 aromatic rings. The number of imidazole rings is 1. The van der Waals surface area contributed by atoms with Gasteiger partial charge in [-0.2, -0.15) is 0 Å². The van der Waals surface area contributed by atoms with Gasteiger partial charge in [-0.3, -0.25) is 4.57 Å². The van der Waals surface area contributed by atoms with Gasteiger partial charge in [-0.1, -0.05) is 121 Å². The van der Waals surface area contributed by atoms with Crippen LogP contribution in [-0.4, -0.2) is 18.7 Å². The third kappa shape index (κ3) is 5.66. The Morgan fingerprint density at radius 2 is 0.657 bits per heavy atom. The first-order valence-electron chi connectivity index (χ1n) is 22.8. The highest BCUT2D eigenvalue weighted by Crippen LogP contribution is 2.55. The van der Waals surface area contributed by atoms with Crippen molar-refractivity contribution in [2.45, 2.75) is 0 Å². The fourth-order valence-corrected chi connectivity index (χ4v) is 10.6. The van der Waals surface area contributed by atoms with Crippen LogP contribution >= 0.6 is 0 Å². The molecule has 3 aromatic heterocycles. The summed E-state index contributed by atoms with van der Waals surface area (Å²) >= 11 is 0. The van der Waals surface area contributed by atoms with Crippen LogP contribution in [-0.2, 0) is 0 Å². The lowest BCUT2D eigenvalue weighted by Crippen LogP contribution is -2.24. The maximum absolute atomic E-state index is 5.54. The number of benzene rings is 10. The van der Waals surface area contributed by atoms with E-state index >= 15 is 0 Å². The Labute approximate surface area is 386 Å². The van der Waals surface area contributed by atoms with Crippen LogP contribution in [0.1, 0.15) is 0 Å². The van der Waals surface area contributed by atoms with E-state index in [9.17, 15) is 0 Å². The summed E-state index contributed by atoms with van der Waals surface area (Å²) in [5, 5.41) is 4.91. The van der Waals surface area contributed by atoms with Crippen LogP contribution in [0, 0.1) is 0 Å². The van der Waals surface area contributed by atoms with Crippen molar-refractivity contribution in [3.63, 3.8) is 0 Å². The predicted octanol–water partition coefficient (Wildman–Crippen LogP) is 16.1. The molecule has 10 aromatic carbocycles. The van der Waals surface area contributed by atoms with Gasteiger partial charge >= 0.3 is 0 Å². The van der Waals surface area contributed by atoms with E-state index in [-0.39, 0.29) is 0 Å². The zero-order valence-electron chi connectivity index (χ0n) is 36.3. The van der Waals surface area contributed by atoms with E-state index in [0.717, 1.165) is 73.6 Å². The summed E-state index contributed by atoms with van der Waals surface area (Å²) in [7, 11) is 0.